The molecule has 0 radical (unpaired) electrons. The first-order valence-corrected chi connectivity index (χ1v) is 10.3. The highest BCUT2D eigenvalue weighted by Gasteiger charge is 2.28. The van der Waals surface area contributed by atoms with Gasteiger partial charge in [0.2, 0.25) is 5.95 Å². The molecule has 4 aromatic rings. The van der Waals surface area contributed by atoms with Crippen molar-refractivity contribution in [3.8, 4) is 0 Å². The molecule has 8 nitrogen and oxygen atoms in total. The standard InChI is InChI=1S/C20H14Cl2F4N6O2/c21-11-3-1-2-10(6-11)7-31-9-27-20(30-31)28-19(33)13-5-4-12(34-13)8-32-16(18(25)26)14(22)15(29-32)17(23)24/h1-6,9,17-18H,7-8H2,(H,28,30,33). The van der Waals surface area contributed by atoms with E-state index in [0.717, 1.165) is 5.56 Å². The Bertz CT molecular complexity index is 1320. The number of amides is 1. The van der Waals surface area contributed by atoms with Crippen molar-refractivity contribution < 1.29 is 26.8 Å². The molecule has 0 aliphatic rings. The van der Waals surface area contributed by atoms with Crippen molar-refractivity contribution >= 4 is 35.1 Å². The number of furan rings is 1. The molecule has 178 valence electrons. The quantitative estimate of drug-likeness (QED) is 0.308. The van der Waals surface area contributed by atoms with Gasteiger partial charge in [-0.3, -0.25) is 14.8 Å². The van der Waals surface area contributed by atoms with Crippen LogP contribution in [0.5, 0.6) is 0 Å². The molecule has 3 aromatic heterocycles. The predicted octanol–water partition coefficient (Wildman–Crippen LogP) is 5.60. The van der Waals surface area contributed by atoms with Gasteiger partial charge in [-0.05, 0) is 29.8 Å². The molecule has 0 saturated carbocycles. The second-order valence-electron chi connectivity index (χ2n) is 6.96. The van der Waals surface area contributed by atoms with Crippen molar-refractivity contribution in [2.24, 2.45) is 0 Å². The van der Waals surface area contributed by atoms with E-state index in [1.165, 1.54) is 23.1 Å². The molecule has 0 fully saturated rings. The first-order chi connectivity index (χ1) is 16.2. The number of nitrogens with one attached hydrogen (secondary N) is 1. The Kier molecular flexibility index (Phi) is 6.89. The monoisotopic (exact) mass is 516 g/mol. The first kappa shape index (κ1) is 23.8. The number of carbonyl (C=O) groups excluding carboxylic acids is 1. The van der Waals surface area contributed by atoms with Gasteiger partial charge in [-0.25, -0.2) is 27.2 Å². The molecule has 0 aliphatic heterocycles. The van der Waals surface area contributed by atoms with Crippen LogP contribution in [0.15, 0.2) is 47.1 Å². The van der Waals surface area contributed by atoms with Crippen molar-refractivity contribution in [3.05, 3.63) is 81.2 Å². The zero-order valence-corrected chi connectivity index (χ0v) is 18.4. The number of aromatic nitrogens is 5. The van der Waals surface area contributed by atoms with E-state index >= 15 is 0 Å². The molecule has 1 N–H and O–H groups in total. The Morgan fingerprint density at radius 2 is 1.85 bits per heavy atom. The van der Waals surface area contributed by atoms with E-state index in [4.69, 9.17) is 27.6 Å². The number of alkyl halides is 4. The topological polar surface area (TPSA) is 90.8 Å². The third-order valence-electron chi connectivity index (χ3n) is 4.56. The molecular formula is C20H14Cl2F4N6O2. The van der Waals surface area contributed by atoms with Gasteiger partial charge < -0.3 is 4.42 Å². The van der Waals surface area contributed by atoms with Crippen LogP contribution in [0, 0.1) is 0 Å². The summed E-state index contributed by atoms with van der Waals surface area (Å²) in [4.78, 5) is 16.4. The number of hydrogen-bond acceptors (Lipinski definition) is 5. The third kappa shape index (κ3) is 5.23. The summed E-state index contributed by atoms with van der Waals surface area (Å²) in [5, 5.41) is 9.80. The van der Waals surface area contributed by atoms with Crippen molar-refractivity contribution in [2.75, 3.05) is 5.32 Å². The van der Waals surface area contributed by atoms with Crippen LogP contribution < -0.4 is 5.32 Å². The lowest BCUT2D eigenvalue weighted by molar-refractivity contribution is 0.0993. The van der Waals surface area contributed by atoms with Crippen LogP contribution in [-0.2, 0) is 13.1 Å². The van der Waals surface area contributed by atoms with Crippen LogP contribution in [0.4, 0.5) is 23.5 Å². The smallest absolute Gasteiger partial charge is 0.293 e. The summed E-state index contributed by atoms with van der Waals surface area (Å²) >= 11 is 11.6. The zero-order chi connectivity index (χ0) is 24.4. The second-order valence-corrected chi connectivity index (χ2v) is 7.77. The number of hydrogen-bond donors (Lipinski definition) is 1. The van der Waals surface area contributed by atoms with Gasteiger partial charge in [-0.15, -0.1) is 5.10 Å². The average Bonchev–Trinajstić information content (AvgIpc) is 3.48. The molecule has 1 amide bonds. The molecular weight excluding hydrogens is 503 g/mol. The molecule has 34 heavy (non-hydrogen) atoms. The molecule has 0 unspecified atom stereocenters. The Morgan fingerprint density at radius 1 is 1.06 bits per heavy atom. The summed E-state index contributed by atoms with van der Waals surface area (Å²) in [6, 6.07) is 9.76. The number of rotatable bonds is 8. The van der Waals surface area contributed by atoms with Crippen LogP contribution >= 0.6 is 23.2 Å². The van der Waals surface area contributed by atoms with E-state index in [2.05, 4.69) is 20.5 Å². The summed E-state index contributed by atoms with van der Waals surface area (Å²) in [6.07, 6.45) is -4.86. The Morgan fingerprint density at radius 3 is 2.56 bits per heavy atom. The lowest BCUT2D eigenvalue weighted by Gasteiger charge is -2.05. The van der Waals surface area contributed by atoms with Gasteiger partial charge in [0.15, 0.2) is 5.76 Å². The van der Waals surface area contributed by atoms with Crippen molar-refractivity contribution in [3.63, 3.8) is 0 Å². The lowest BCUT2D eigenvalue weighted by Crippen LogP contribution is -2.13. The van der Waals surface area contributed by atoms with E-state index in [9.17, 15) is 22.4 Å². The first-order valence-electron chi connectivity index (χ1n) is 9.57. The van der Waals surface area contributed by atoms with E-state index in [1.54, 1.807) is 18.2 Å². The molecule has 0 atom stereocenters. The van der Waals surface area contributed by atoms with Crippen LogP contribution in [0.3, 0.4) is 0 Å². The fourth-order valence-electron chi connectivity index (χ4n) is 3.09. The minimum Gasteiger partial charge on any atom is -0.454 e. The highest BCUT2D eigenvalue weighted by molar-refractivity contribution is 6.32. The number of anilines is 1. The van der Waals surface area contributed by atoms with Crippen molar-refractivity contribution in [2.45, 2.75) is 25.9 Å². The Labute approximate surface area is 199 Å². The Hall–Kier alpha value is -3.38. The fraction of sp³-hybridized carbons (Fsp3) is 0.200. The summed E-state index contributed by atoms with van der Waals surface area (Å²) < 4.78 is 60.0. The zero-order valence-electron chi connectivity index (χ0n) is 16.9. The Balaban J connectivity index is 1.43. The van der Waals surface area contributed by atoms with E-state index < -0.39 is 41.7 Å². The molecule has 0 aliphatic carbocycles. The van der Waals surface area contributed by atoms with Crippen LogP contribution in [0.25, 0.3) is 0 Å². The maximum Gasteiger partial charge on any atom is 0.293 e. The van der Waals surface area contributed by atoms with Crippen LogP contribution in [0.2, 0.25) is 10.0 Å². The fourth-order valence-corrected chi connectivity index (χ4v) is 3.60. The largest absolute Gasteiger partial charge is 0.454 e. The second kappa shape index (κ2) is 9.85. The molecule has 4 rings (SSSR count). The average molecular weight is 517 g/mol. The summed E-state index contributed by atoms with van der Waals surface area (Å²) in [6.45, 7) is -0.0697. The van der Waals surface area contributed by atoms with Gasteiger partial charge in [0.1, 0.15) is 23.5 Å². The van der Waals surface area contributed by atoms with Crippen molar-refractivity contribution in [1.82, 2.24) is 24.5 Å². The summed E-state index contributed by atoms with van der Waals surface area (Å²) in [5.74, 6) is -0.850. The van der Waals surface area contributed by atoms with E-state index in [0.29, 0.717) is 16.2 Å². The molecule has 14 heteroatoms. The number of carbonyl (C=O) groups is 1. The predicted molar refractivity (Wildman–Crippen MR) is 113 cm³/mol. The van der Waals surface area contributed by atoms with Gasteiger partial charge in [0.25, 0.3) is 18.8 Å². The normalized spacial score (nSPS) is 11.5. The molecule has 0 saturated heterocycles. The maximum atomic E-state index is 13.3. The lowest BCUT2D eigenvalue weighted by atomic mass is 10.2. The molecule has 0 spiro atoms. The maximum absolute atomic E-state index is 13.3. The van der Waals surface area contributed by atoms with Gasteiger partial charge >= 0.3 is 0 Å². The van der Waals surface area contributed by atoms with Gasteiger partial charge in [0.05, 0.1) is 18.1 Å². The number of nitrogens with zero attached hydrogens (tertiary/aromatic N) is 5. The van der Waals surface area contributed by atoms with Gasteiger partial charge in [-0.1, -0.05) is 35.3 Å². The molecule has 1 aromatic carbocycles. The summed E-state index contributed by atoms with van der Waals surface area (Å²) in [7, 11) is 0. The molecule has 0 bridgehead atoms. The van der Waals surface area contributed by atoms with E-state index in [1.807, 2.05) is 6.07 Å². The minimum absolute atomic E-state index is 0.00500. The third-order valence-corrected chi connectivity index (χ3v) is 5.18. The van der Waals surface area contributed by atoms with Crippen LogP contribution in [0.1, 0.15) is 46.1 Å². The van der Waals surface area contributed by atoms with Gasteiger partial charge in [-0.2, -0.15) is 5.10 Å². The summed E-state index contributed by atoms with van der Waals surface area (Å²) in [5.41, 5.74) is -0.947. The number of benzene rings is 1. The minimum atomic E-state index is -3.14. The highest BCUT2D eigenvalue weighted by Crippen LogP contribution is 2.35. The van der Waals surface area contributed by atoms with Crippen molar-refractivity contribution in [1.29, 1.82) is 0 Å². The van der Waals surface area contributed by atoms with Gasteiger partial charge in [0, 0.05) is 5.02 Å². The number of halogens is 6. The van der Waals surface area contributed by atoms with Crippen LogP contribution in [-0.4, -0.2) is 30.5 Å². The highest BCUT2D eigenvalue weighted by atomic mass is 35.5. The van der Waals surface area contributed by atoms with E-state index in [-0.39, 0.29) is 17.5 Å². The molecule has 3 heterocycles. The SMILES string of the molecule is O=C(Nc1ncn(Cc2cccc(Cl)c2)n1)c1ccc(Cn2nc(C(F)F)c(Cl)c2C(F)F)o1.